The number of benzene rings is 11. The van der Waals surface area contributed by atoms with E-state index in [0.29, 0.717) is 0 Å². The first-order valence-corrected chi connectivity index (χ1v) is 29.9. The second-order valence-corrected chi connectivity index (χ2v) is 28.3. The molecule has 0 aromatic heterocycles. The zero-order valence-corrected chi connectivity index (χ0v) is 40.8. The maximum Gasteiger partial charge on any atom is 0.117 e. The Hall–Kier alpha value is -7.77. The van der Waals surface area contributed by atoms with Crippen molar-refractivity contribution in [1.29, 1.82) is 0 Å². The van der Waals surface area contributed by atoms with Crippen molar-refractivity contribution in [1.82, 2.24) is 0 Å². The molecule has 2 heterocycles. The Bertz CT molecular complexity index is 3710. The molecule has 324 valence electrons. The van der Waals surface area contributed by atoms with Gasteiger partial charge in [-0.15, -0.1) is 0 Å². The maximum atomic E-state index is 2.53. The lowest BCUT2D eigenvalue weighted by Crippen LogP contribution is -2.58. The minimum Gasteiger partial charge on any atom is -0.311 e. The molecule has 0 unspecified atom stereocenters. The van der Waals surface area contributed by atoms with Gasteiger partial charge in [0.15, 0.2) is 0 Å². The highest BCUT2D eigenvalue weighted by Crippen LogP contribution is 2.50. The van der Waals surface area contributed by atoms with Crippen LogP contribution in [0.15, 0.2) is 231 Å². The molecule has 0 N–H and O–H groups in total. The molecule has 0 bridgehead atoms. The van der Waals surface area contributed by atoms with Crippen LogP contribution in [0.5, 0.6) is 0 Å². The first-order valence-electron chi connectivity index (χ1n) is 23.9. The Labute approximate surface area is 401 Å². The average Bonchev–Trinajstić information content (AvgIpc) is 3.38. The average molecular weight is 903 g/mol. The fourth-order valence-corrected chi connectivity index (χ4v) is 17.9. The summed E-state index contributed by atoms with van der Waals surface area (Å²) in [6.07, 6.45) is 0. The summed E-state index contributed by atoms with van der Waals surface area (Å²) in [6.45, 7) is 10.0. The molecule has 0 saturated heterocycles. The van der Waals surface area contributed by atoms with Crippen molar-refractivity contribution in [2.45, 2.75) is 26.2 Å². The largest absolute Gasteiger partial charge is 0.311 e. The molecular weight excluding hydrogens is 853 g/mol. The quantitative estimate of drug-likeness (QED) is 0.125. The monoisotopic (exact) mass is 902 g/mol. The lowest BCUT2D eigenvalue weighted by Gasteiger charge is -2.41. The molecule has 11 aromatic carbocycles. The van der Waals surface area contributed by atoms with Gasteiger partial charge in [-0.3, -0.25) is 0 Å². The van der Waals surface area contributed by atoms with Crippen LogP contribution in [0.2, 0.25) is 26.2 Å². The van der Waals surface area contributed by atoms with Gasteiger partial charge in [-0.05, 0) is 135 Å². The van der Waals surface area contributed by atoms with E-state index in [2.05, 4.69) is 267 Å². The number of hydrogen-bond acceptors (Lipinski definition) is 2. The summed E-state index contributed by atoms with van der Waals surface area (Å²) < 4.78 is 0. The molecule has 68 heavy (non-hydrogen) atoms. The van der Waals surface area contributed by atoms with Crippen LogP contribution in [0.25, 0.3) is 65.7 Å². The second kappa shape index (κ2) is 15.4. The number of fused-ring (bicyclic) bond motifs is 7. The van der Waals surface area contributed by atoms with E-state index < -0.39 is 16.1 Å². The molecule has 2 aliphatic heterocycles. The van der Waals surface area contributed by atoms with Crippen molar-refractivity contribution in [3.05, 3.63) is 231 Å². The standard InChI is InChI=1S/C64H50N2Si2/c1-67(2)59-29-14-10-25-55(59)65(56-26-11-15-30-60(56)67)47-38-40-52-53(41-47)63(46-35-33-44(34-36-46)43-19-6-5-7-20-43)51-39-37-48(42-54(51)64(52)50-24-18-22-45-21-8-9-23-49(45)50)66-57-27-12-16-31-61(57)68(3,4)62-32-17-13-28-58(62)66/h5-42H,1-4H3. The Balaban J connectivity index is 1.14. The zero-order valence-electron chi connectivity index (χ0n) is 38.8. The molecule has 0 aliphatic carbocycles. The van der Waals surface area contributed by atoms with Gasteiger partial charge in [-0.2, -0.15) is 0 Å². The molecule has 0 radical (unpaired) electrons. The molecule has 0 amide bonds. The summed E-state index contributed by atoms with van der Waals surface area (Å²) in [4.78, 5) is 5.07. The Morgan fingerprint density at radius 3 is 1.21 bits per heavy atom. The molecule has 13 rings (SSSR count). The molecule has 0 spiro atoms. The highest BCUT2D eigenvalue weighted by atomic mass is 28.3. The number of rotatable bonds is 5. The first-order chi connectivity index (χ1) is 33.3. The molecule has 2 aliphatic rings. The lowest BCUT2D eigenvalue weighted by atomic mass is 9.84. The molecule has 2 nitrogen and oxygen atoms in total. The molecular formula is C64H50N2Si2. The van der Waals surface area contributed by atoms with E-state index in [9.17, 15) is 0 Å². The van der Waals surface area contributed by atoms with Gasteiger partial charge in [0.1, 0.15) is 16.1 Å². The Kier molecular flexibility index (Phi) is 9.17. The van der Waals surface area contributed by atoms with Crippen molar-refractivity contribution in [3.63, 3.8) is 0 Å². The van der Waals surface area contributed by atoms with Gasteiger partial charge < -0.3 is 9.80 Å². The third-order valence-corrected chi connectivity index (χ3v) is 22.3. The molecule has 0 saturated carbocycles. The van der Waals surface area contributed by atoms with E-state index in [0.717, 1.165) is 11.4 Å². The number of anilines is 6. The van der Waals surface area contributed by atoms with Gasteiger partial charge in [0.2, 0.25) is 0 Å². The lowest BCUT2D eigenvalue weighted by molar-refractivity contribution is 1.29. The van der Waals surface area contributed by atoms with E-state index >= 15 is 0 Å². The van der Waals surface area contributed by atoms with Crippen molar-refractivity contribution >= 4 is 103 Å². The van der Waals surface area contributed by atoms with Gasteiger partial charge in [-0.25, -0.2) is 0 Å². The van der Waals surface area contributed by atoms with E-state index in [1.165, 1.54) is 109 Å². The van der Waals surface area contributed by atoms with Crippen molar-refractivity contribution in [2.24, 2.45) is 0 Å². The van der Waals surface area contributed by atoms with E-state index in [1.807, 2.05) is 0 Å². The van der Waals surface area contributed by atoms with Crippen LogP contribution >= 0.6 is 0 Å². The molecule has 0 fully saturated rings. The SMILES string of the molecule is C[Si]1(C)c2ccccc2N(c2ccc3c(-c4cccc5ccccc45)c4cc(N5c6ccccc6[Si](C)(C)c6ccccc65)ccc4c(-c4ccc(-c5ccccc5)cc4)c3c2)c2ccccc21. The smallest absolute Gasteiger partial charge is 0.117 e. The van der Waals surface area contributed by atoms with Crippen molar-refractivity contribution in [3.8, 4) is 33.4 Å². The number of nitrogens with zero attached hydrogens (tertiary/aromatic N) is 2. The van der Waals surface area contributed by atoms with Crippen LogP contribution < -0.4 is 30.5 Å². The molecule has 0 atom stereocenters. The number of hydrogen-bond donors (Lipinski definition) is 0. The van der Waals surface area contributed by atoms with Crippen LogP contribution in [0, 0.1) is 0 Å². The minimum atomic E-state index is -1.99. The van der Waals surface area contributed by atoms with Crippen LogP contribution in [-0.4, -0.2) is 16.1 Å². The van der Waals surface area contributed by atoms with Crippen molar-refractivity contribution < 1.29 is 0 Å². The Morgan fingerprint density at radius 1 is 0.279 bits per heavy atom. The third-order valence-electron chi connectivity index (χ3n) is 15.2. The summed E-state index contributed by atoms with van der Waals surface area (Å²) in [5.74, 6) is 0. The van der Waals surface area contributed by atoms with Gasteiger partial charge in [-0.1, -0.05) is 208 Å². The summed E-state index contributed by atoms with van der Waals surface area (Å²) in [6, 6.07) is 86.9. The van der Waals surface area contributed by atoms with Crippen LogP contribution in [0.1, 0.15) is 0 Å². The number of para-hydroxylation sites is 4. The summed E-state index contributed by atoms with van der Waals surface area (Å²) >= 11 is 0. The van der Waals surface area contributed by atoms with Gasteiger partial charge in [0, 0.05) is 34.1 Å². The zero-order chi connectivity index (χ0) is 45.7. The van der Waals surface area contributed by atoms with E-state index in [-0.39, 0.29) is 0 Å². The fourth-order valence-electron chi connectivity index (χ4n) is 11.9. The summed E-state index contributed by atoms with van der Waals surface area (Å²) in [5, 5.41) is 13.3. The minimum absolute atomic E-state index is 1.16. The molecule has 4 heteroatoms. The third kappa shape index (κ3) is 6.07. The van der Waals surface area contributed by atoms with Crippen LogP contribution in [0.4, 0.5) is 34.1 Å². The van der Waals surface area contributed by atoms with Crippen molar-refractivity contribution in [2.75, 3.05) is 9.80 Å². The second-order valence-electron chi connectivity index (χ2n) is 19.7. The van der Waals surface area contributed by atoms with Gasteiger partial charge in [0.25, 0.3) is 0 Å². The summed E-state index contributed by atoms with van der Waals surface area (Å²) in [5.41, 5.74) is 14.8. The highest BCUT2D eigenvalue weighted by molar-refractivity contribution is 7.03. The summed E-state index contributed by atoms with van der Waals surface area (Å²) in [7, 11) is -3.98. The van der Waals surface area contributed by atoms with Gasteiger partial charge in [0.05, 0.1) is 0 Å². The van der Waals surface area contributed by atoms with Crippen LogP contribution in [0.3, 0.4) is 0 Å². The van der Waals surface area contributed by atoms with E-state index in [1.54, 1.807) is 0 Å². The Morgan fingerprint density at radius 2 is 0.676 bits per heavy atom. The van der Waals surface area contributed by atoms with Gasteiger partial charge >= 0.3 is 0 Å². The van der Waals surface area contributed by atoms with E-state index in [4.69, 9.17) is 0 Å². The predicted octanol–water partition coefficient (Wildman–Crippen LogP) is 15.4. The highest BCUT2D eigenvalue weighted by Gasteiger charge is 2.40. The predicted molar refractivity (Wildman–Crippen MR) is 298 cm³/mol. The fraction of sp³-hybridized carbons (Fsp3) is 0.0625. The maximum absolute atomic E-state index is 2.53. The molecule has 11 aromatic rings. The normalized spacial score (nSPS) is 14.4. The van der Waals surface area contributed by atoms with Crippen LogP contribution in [-0.2, 0) is 0 Å². The topological polar surface area (TPSA) is 6.48 Å². The first kappa shape index (κ1) is 40.5.